The number of fused-ring (bicyclic) bond motifs is 3. The lowest BCUT2D eigenvalue weighted by Gasteiger charge is -2.41. The minimum absolute atomic E-state index is 0.00612. The highest BCUT2D eigenvalue weighted by Crippen LogP contribution is 2.45. The number of aliphatic hydroxyl groups is 2. The van der Waals surface area contributed by atoms with Gasteiger partial charge in [-0.15, -0.1) is 0 Å². The fourth-order valence-corrected chi connectivity index (χ4v) is 10.3. The van der Waals surface area contributed by atoms with E-state index in [2.05, 4.69) is 45.5 Å². The van der Waals surface area contributed by atoms with Crippen LogP contribution in [-0.2, 0) is 59.8 Å². The molecule has 3 amide bonds. The molecule has 1 aliphatic heterocycles. The highest BCUT2D eigenvalue weighted by atomic mass is 16.7. The second-order valence-electron chi connectivity index (χ2n) is 19.4. The van der Waals surface area contributed by atoms with Gasteiger partial charge in [-0.05, 0) is 94.6 Å². The lowest BCUT2D eigenvalue weighted by Crippen LogP contribution is -2.63. The van der Waals surface area contributed by atoms with Gasteiger partial charge in [0.05, 0.1) is 32.1 Å². The molecule has 6 aromatic rings. The van der Waals surface area contributed by atoms with Gasteiger partial charge in [0.15, 0.2) is 24.4 Å². The van der Waals surface area contributed by atoms with Crippen LogP contribution in [0, 0.1) is 0 Å². The predicted molar refractivity (Wildman–Crippen MR) is 297 cm³/mol. The third kappa shape index (κ3) is 14.1. The van der Waals surface area contributed by atoms with Crippen LogP contribution in [0.3, 0.4) is 0 Å². The van der Waals surface area contributed by atoms with Crippen molar-refractivity contribution in [2.24, 2.45) is 0 Å². The van der Waals surface area contributed by atoms with Crippen LogP contribution in [-0.4, -0.2) is 117 Å². The third-order valence-corrected chi connectivity index (χ3v) is 14.1. The van der Waals surface area contributed by atoms with Crippen LogP contribution >= 0.6 is 0 Å². The van der Waals surface area contributed by atoms with Gasteiger partial charge >= 0.3 is 24.0 Å². The van der Waals surface area contributed by atoms with Crippen molar-refractivity contribution in [3.8, 4) is 22.6 Å². The summed E-state index contributed by atoms with van der Waals surface area (Å²) in [5, 5.41) is 33.5. The van der Waals surface area contributed by atoms with Gasteiger partial charge in [-0.25, -0.2) is 9.59 Å². The smallest absolute Gasteiger partial charge is 0.407 e. The zero-order valence-corrected chi connectivity index (χ0v) is 45.3. The van der Waals surface area contributed by atoms with E-state index in [-0.39, 0.29) is 43.3 Å². The van der Waals surface area contributed by atoms with Crippen LogP contribution in [0.2, 0.25) is 0 Å². The van der Waals surface area contributed by atoms with Crippen molar-refractivity contribution in [3.05, 3.63) is 185 Å². The molecule has 6 atom stereocenters. The van der Waals surface area contributed by atoms with Crippen LogP contribution in [0.1, 0.15) is 78.8 Å². The number of rotatable bonds is 24. The minimum atomic E-state index is -1.85. The fourth-order valence-electron chi connectivity index (χ4n) is 10.3. The zero-order chi connectivity index (χ0) is 57.5. The molecule has 1 fully saturated rings. The average molecular weight is 1110 g/mol. The Morgan fingerprint density at radius 1 is 0.691 bits per heavy atom. The number of hydrogen-bond acceptors (Lipinski definition) is 16. The highest BCUT2D eigenvalue weighted by molar-refractivity contribution is 5.93. The maximum absolute atomic E-state index is 14.2. The Kier molecular flexibility index (Phi) is 19.9. The first-order valence-corrected chi connectivity index (χ1v) is 26.6. The number of anilines is 1. The number of alkyl carbamates (subject to hydrolysis) is 1. The normalized spacial score (nSPS) is 17.7. The van der Waals surface area contributed by atoms with Crippen LogP contribution < -0.4 is 30.7 Å². The van der Waals surface area contributed by atoms with Crippen molar-refractivity contribution in [3.63, 3.8) is 0 Å². The van der Waals surface area contributed by atoms with Gasteiger partial charge < -0.3 is 59.3 Å². The Bertz CT molecular complexity index is 3060. The van der Waals surface area contributed by atoms with Crippen LogP contribution in [0.15, 0.2) is 152 Å². The molecule has 19 nitrogen and oxygen atoms in total. The van der Waals surface area contributed by atoms with E-state index in [1.807, 2.05) is 109 Å². The van der Waals surface area contributed by atoms with Gasteiger partial charge in [0, 0.05) is 32.7 Å². The first kappa shape index (κ1) is 58.5. The number of amides is 3. The van der Waals surface area contributed by atoms with E-state index in [9.17, 15) is 39.0 Å². The summed E-state index contributed by atoms with van der Waals surface area (Å²) in [5.41, 5.74) is 6.76. The number of hydrogen-bond donors (Lipinski definition) is 6. The standard InChI is InChI=1S/C62H66N4O15/c1-38(68)78-55-54(71)60(81-57(59(73)76-4)56(55)79-39(2)69)80-52-31-26-40(36-67)35-51(52)65-53(70)32-34-63-58(72)50(66-61(74)77-37-49-47-23-13-11-21-45(47)46-22-12-14-24-48(46)49)25-15-16-33-64-62(41-17-7-5-8-18-41,42-19-9-6-10-20-42)43-27-29-44(75-3)30-28-43/h5-14,17-24,26-31,35,49-50,54-57,60,64,67,71H,15-16,25,32-34,36-37H2,1-4H3,(H,63,72)(H,65,70)(H,66,74)/t50-,54+,55+,56-,57-,60+/m0/s1. The maximum Gasteiger partial charge on any atom is 0.407 e. The molecule has 0 bridgehead atoms. The Morgan fingerprint density at radius 2 is 1.28 bits per heavy atom. The van der Waals surface area contributed by atoms with Crippen molar-refractivity contribution in [1.82, 2.24) is 16.0 Å². The third-order valence-electron chi connectivity index (χ3n) is 14.1. The minimum Gasteiger partial charge on any atom is -0.497 e. The van der Waals surface area contributed by atoms with E-state index in [1.165, 1.54) is 18.2 Å². The zero-order valence-electron chi connectivity index (χ0n) is 45.3. The molecule has 81 heavy (non-hydrogen) atoms. The highest BCUT2D eigenvalue weighted by Gasteiger charge is 2.54. The molecule has 0 aromatic heterocycles. The first-order chi connectivity index (χ1) is 39.2. The molecular weight excluding hydrogens is 1040 g/mol. The van der Waals surface area contributed by atoms with Gasteiger partial charge in [0.1, 0.15) is 24.1 Å². The molecule has 8 rings (SSSR count). The maximum atomic E-state index is 14.2. The topological polar surface area (TPSA) is 256 Å². The summed E-state index contributed by atoms with van der Waals surface area (Å²) in [5.74, 6) is -3.58. The van der Waals surface area contributed by atoms with Gasteiger partial charge in [-0.2, -0.15) is 0 Å². The Morgan fingerprint density at radius 3 is 1.88 bits per heavy atom. The van der Waals surface area contributed by atoms with Crippen LogP contribution in [0.4, 0.5) is 10.5 Å². The second-order valence-corrected chi connectivity index (χ2v) is 19.4. The number of carbonyl (C=O) groups is 6. The molecule has 19 heteroatoms. The molecule has 0 unspecified atom stereocenters. The SMILES string of the molecule is COC(=O)[C@H]1O[C@@H](Oc2ccc(CO)cc2NC(=O)CCNC(=O)[C@H](CCCCNC(c2ccccc2)(c2ccccc2)c2ccc(OC)cc2)NC(=O)OCC2c3ccccc3-c3ccccc32)[C@H](O)[C@@H](OC(C)=O)[C@@H]1OC(C)=O. The van der Waals surface area contributed by atoms with Crippen molar-refractivity contribution in [2.45, 2.75) is 94.3 Å². The summed E-state index contributed by atoms with van der Waals surface area (Å²) in [6.07, 6.45) is -8.43. The van der Waals surface area contributed by atoms with Gasteiger partial charge in [0.2, 0.25) is 18.1 Å². The Balaban J connectivity index is 0.956. The molecule has 1 aliphatic carbocycles. The van der Waals surface area contributed by atoms with E-state index < -0.39 is 84.7 Å². The molecule has 0 saturated carbocycles. The van der Waals surface area contributed by atoms with Gasteiger partial charge in [-0.1, -0.05) is 127 Å². The predicted octanol–water partition coefficient (Wildman–Crippen LogP) is 6.79. The molecule has 6 aromatic carbocycles. The van der Waals surface area contributed by atoms with E-state index in [0.29, 0.717) is 24.9 Å². The molecule has 2 aliphatic rings. The van der Waals surface area contributed by atoms with Crippen molar-refractivity contribution >= 4 is 41.5 Å². The largest absolute Gasteiger partial charge is 0.497 e. The Labute approximate surface area is 469 Å². The number of benzene rings is 6. The average Bonchev–Trinajstić information content (AvgIpc) is 4.00. The molecule has 0 spiro atoms. The van der Waals surface area contributed by atoms with E-state index in [0.717, 1.165) is 65.7 Å². The van der Waals surface area contributed by atoms with Gasteiger partial charge in [0.25, 0.3) is 0 Å². The monoisotopic (exact) mass is 1110 g/mol. The molecule has 424 valence electrons. The number of aliphatic hydroxyl groups excluding tert-OH is 2. The number of esters is 3. The van der Waals surface area contributed by atoms with Gasteiger partial charge in [-0.3, -0.25) is 24.5 Å². The fraction of sp³-hybridized carbons (Fsp3) is 0.323. The van der Waals surface area contributed by atoms with Crippen LogP contribution in [0.5, 0.6) is 11.5 Å². The number of ether oxygens (including phenoxy) is 7. The lowest BCUT2D eigenvalue weighted by molar-refractivity contribution is -0.278. The van der Waals surface area contributed by atoms with Crippen molar-refractivity contribution in [2.75, 3.05) is 39.2 Å². The lowest BCUT2D eigenvalue weighted by atomic mass is 9.77. The first-order valence-electron chi connectivity index (χ1n) is 26.6. The summed E-state index contributed by atoms with van der Waals surface area (Å²) < 4.78 is 38.5. The summed E-state index contributed by atoms with van der Waals surface area (Å²) in [6.45, 7) is 1.99. The summed E-state index contributed by atoms with van der Waals surface area (Å²) in [6, 6.07) is 47.3. The number of unbranched alkanes of at least 4 members (excludes halogenated alkanes) is 1. The number of nitrogens with one attached hydrogen (secondary N) is 4. The molecule has 0 radical (unpaired) electrons. The summed E-state index contributed by atoms with van der Waals surface area (Å²) in [4.78, 5) is 78.7. The molecular formula is C62H66N4O15. The molecule has 6 N–H and O–H groups in total. The van der Waals surface area contributed by atoms with Crippen LogP contribution in [0.25, 0.3) is 11.1 Å². The Hall–Kier alpha value is -8.62. The molecule has 1 heterocycles. The van der Waals surface area contributed by atoms with E-state index in [1.54, 1.807) is 7.11 Å². The molecule has 1 saturated heterocycles. The van der Waals surface area contributed by atoms with Crippen molar-refractivity contribution < 1.29 is 72.1 Å². The summed E-state index contributed by atoms with van der Waals surface area (Å²) >= 11 is 0. The second kappa shape index (κ2) is 27.5. The number of carbonyl (C=O) groups excluding carboxylic acids is 6. The number of methoxy groups -OCH3 is 2. The summed E-state index contributed by atoms with van der Waals surface area (Å²) in [7, 11) is 2.68. The van der Waals surface area contributed by atoms with E-state index in [4.69, 9.17) is 33.2 Å². The van der Waals surface area contributed by atoms with E-state index >= 15 is 0 Å². The quantitative estimate of drug-likeness (QED) is 0.0158. The van der Waals surface area contributed by atoms with Crippen molar-refractivity contribution in [1.29, 1.82) is 0 Å².